The first-order chi connectivity index (χ1) is 13.3. The Bertz CT molecular complexity index is 1260. The van der Waals surface area contributed by atoms with Gasteiger partial charge in [-0.25, -0.2) is 23.5 Å². The van der Waals surface area contributed by atoms with Gasteiger partial charge in [0.05, 0.1) is 16.1 Å². The summed E-state index contributed by atoms with van der Waals surface area (Å²) in [5.74, 6) is 1.14. The molecule has 0 aliphatic carbocycles. The van der Waals surface area contributed by atoms with Gasteiger partial charge in [-0.3, -0.25) is 0 Å². The Balaban J connectivity index is 1.67. The number of rotatable bonds is 4. The molecule has 0 unspecified atom stereocenters. The number of fused-ring (bicyclic) bond motifs is 1. The molecule has 0 fully saturated rings. The highest BCUT2D eigenvalue weighted by molar-refractivity contribution is 7.89. The Kier molecular flexibility index (Phi) is 4.33. The summed E-state index contributed by atoms with van der Waals surface area (Å²) in [4.78, 5) is 8.90. The zero-order valence-corrected chi connectivity index (χ0v) is 16.0. The summed E-state index contributed by atoms with van der Waals surface area (Å²) >= 11 is 0. The molecule has 0 radical (unpaired) electrons. The first-order valence-electron chi connectivity index (χ1n) is 8.41. The fraction of sp³-hybridized carbons (Fsp3) is 0.105. The van der Waals surface area contributed by atoms with E-state index in [1.54, 1.807) is 18.3 Å². The van der Waals surface area contributed by atoms with Gasteiger partial charge in [-0.1, -0.05) is 17.3 Å². The van der Waals surface area contributed by atoms with Gasteiger partial charge in [0.25, 0.3) is 0 Å². The average molecular weight is 395 g/mol. The highest BCUT2D eigenvalue weighted by atomic mass is 32.2. The van der Waals surface area contributed by atoms with Crippen LogP contribution in [0.1, 0.15) is 11.5 Å². The van der Waals surface area contributed by atoms with E-state index in [9.17, 15) is 8.42 Å². The normalized spacial score (nSPS) is 11.7. The molecular weight excluding hydrogens is 378 g/mol. The molecule has 3 N–H and O–H groups in total. The Morgan fingerprint density at radius 3 is 2.46 bits per heavy atom. The number of anilines is 2. The lowest BCUT2D eigenvalue weighted by Crippen LogP contribution is -2.11. The van der Waals surface area contributed by atoms with Crippen LogP contribution in [0.4, 0.5) is 11.6 Å². The Morgan fingerprint density at radius 2 is 1.82 bits per heavy atom. The summed E-state index contributed by atoms with van der Waals surface area (Å²) in [6, 6.07) is 11.9. The molecule has 0 amide bonds. The monoisotopic (exact) mass is 395 g/mol. The van der Waals surface area contributed by atoms with Crippen LogP contribution in [0.3, 0.4) is 0 Å². The van der Waals surface area contributed by atoms with Crippen molar-refractivity contribution in [3.8, 4) is 11.1 Å². The highest BCUT2D eigenvalue weighted by Gasteiger charge is 2.13. The molecule has 4 aromatic rings. The molecule has 2 aromatic carbocycles. The Labute approximate surface area is 161 Å². The summed E-state index contributed by atoms with van der Waals surface area (Å²) in [6.07, 6.45) is 1.72. The predicted molar refractivity (Wildman–Crippen MR) is 106 cm³/mol. The summed E-state index contributed by atoms with van der Waals surface area (Å²) in [5.41, 5.74) is 4.14. The van der Waals surface area contributed by atoms with Crippen molar-refractivity contribution >= 4 is 32.6 Å². The minimum Gasteiger partial charge on any atom is -0.361 e. The van der Waals surface area contributed by atoms with Crippen LogP contribution in [0.15, 0.2) is 58.1 Å². The van der Waals surface area contributed by atoms with Crippen molar-refractivity contribution in [2.24, 2.45) is 5.14 Å². The SMILES string of the molecule is Cc1noc(C)c1-c1ccc2cnc(Nc3ccc(S(N)(=O)=O)cc3)nc2c1. The fourth-order valence-corrected chi connectivity index (χ4v) is 3.51. The predicted octanol–water partition coefficient (Wildman–Crippen LogP) is 3.29. The van der Waals surface area contributed by atoms with Crippen molar-refractivity contribution in [2.75, 3.05) is 5.32 Å². The van der Waals surface area contributed by atoms with Crippen LogP contribution in [0.2, 0.25) is 0 Å². The summed E-state index contributed by atoms with van der Waals surface area (Å²) in [7, 11) is -3.73. The van der Waals surface area contributed by atoms with Crippen molar-refractivity contribution < 1.29 is 12.9 Å². The third-order valence-electron chi connectivity index (χ3n) is 4.34. The van der Waals surface area contributed by atoms with Gasteiger partial charge in [0, 0.05) is 22.8 Å². The molecule has 142 valence electrons. The number of nitrogens with zero attached hydrogens (tertiary/aromatic N) is 3. The number of benzene rings is 2. The van der Waals surface area contributed by atoms with Gasteiger partial charge in [0.1, 0.15) is 5.76 Å². The van der Waals surface area contributed by atoms with E-state index >= 15 is 0 Å². The smallest absolute Gasteiger partial charge is 0.238 e. The number of hydrogen-bond donors (Lipinski definition) is 2. The largest absolute Gasteiger partial charge is 0.361 e. The quantitative estimate of drug-likeness (QED) is 0.543. The van der Waals surface area contributed by atoms with E-state index in [1.807, 2.05) is 32.0 Å². The molecule has 0 saturated heterocycles. The Hall–Kier alpha value is -3.30. The van der Waals surface area contributed by atoms with Gasteiger partial charge in [-0.15, -0.1) is 0 Å². The fourth-order valence-electron chi connectivity index (χ4n) is 2.99. The number of sulfonamides is 1. The molecule has 0 bridgehead atoms. The molecule has 2 heterocycles. The third kappa shape index (κ3) is 3.45. The van der Waals surface area contributed by atoms with Gasteiger partial charge >= 0.3 is 0 Å². The molecular formula is C19H17N5O3S. The maximum absolute atomic E-state index is 11.3. The number of nitrogens with two attached hydrogens (primary N) is 1. The second-order valence-corrected chi connectivity index (χ2v) is 7.92. The molecule has 9 heteroatoms. The first kappa shape index (κ1) is 18.1. The van der Waals surface area contributed by atoms with Crippen molar-refractivity contribution in [1.82, 2.24) is 15.1 Å². The van der Waals surface area contributed by atoms with Gasteiger partial charge in [0.15, 0.2) is 0 Å². The summed E-state index contributed by atoms with van der Waals surface area (Å²) in [6.45, 7) is 3.77. The maximum atomic E-state index is 11.3. The highest BCUT2D eigenvalue weighted by Crippen LogP contribution is 2.29. The van der Waals surface area contributed by atoms with Crippen LogP contribution in [0.25, 0.3) is 22.0 Å². The molecule has 0 atom stereocenters. The third-order valence-corrected chi connectivity index (χ3v) is 5.27. The molecule has 0 spiro atoms. The number of aromatic nitrogens is 3. The minimum atomic E-state index is -3.73. The van der Waals surface area contributed by atoms with Crippen LogP contribution >= 0.6 is 0 Å². The van der Waals surface area contributed by atoms with E-state index in [-0.39, 0.29) is 4.90 Å². The molecule has 0 aliphatic rings. The van der Waals surface area contributed by atoms with Crippen LogP contribution < -0.4 is 10.5 Å². The summed E-state index contributed by atoms with van der Waals surface area (Å²) < 4.78 is 27.9. The van der Waals surface area contributed by atoms with Crippen LogP contribution in [0, 0.1) is 13.8 Å². The van der Waals surface area contributed by atoms with Crippen molar-refractivity contribution in [3.05, 3.63) is 60.1 Å². The molecule has 0 aliphatic heterocycles. The second-order valence-electron chi connectivity index (χ2n) is 6.36. The lowest BCUT2D eigenvalue weighted by atomic mass is 10.0. The molecule has 2 aromatic heterocycles. The van der Waals surface area contributed by atoms with E-state index in [4.69, 9.17) is 9.66 Å². The number of aryl methyl sites for hydroxylation is 2. The van der Waals surface area contributed by atoms with E-state index in [0.717, 1.165) is 33.5 Å². The standard InChI is InChI=1S/C19H17N5O3S/c1-11-18(12(2)27-24-11)13-3-4-14-10-21-19(23-17(14)9-13)22-15-5-7-16(8-6-15)28(20,25)26/h3-10H,1-2H3,(H2,20,25,26)(H,21,22,23). The molecule has 8 nitrogen and oxygen atoms in total. The summed E-state index contributed by atoms with van der Waals surface area (Å²) in [5, 5.41) is 13.1. The zero-order chi connectivity index (χ0) is 19.9. The van der Waals surface area contributed by atoms with Crippen LogP contribution in [-0.4, -0.2) is 23.5 Å². The van der Waals surface area contributed by atoms with Gasteiger partial charge in [-0.2, -0.15) is 0 Å². The molecule has 28 heavy (non-hydrogen) atoms. The average Bonchev–Trinajstić information content (AvgIpc) is 2.99. The minimum absolute atomic E-state index is 0.0431. The molecule has 4 rings (SSSR count). The van der Waals surface area contributed by atoms with Crippen molar-refractivity contribution in [2.45, 2.75) is 18.7 Å². The maximum Gasteiger partial charge on any atom is 0.238 e. The Morgan fingerprint density at radius 1 is 1.07 bits per heavy atom. The van der Waals surface area contributed by atoms with Gasteiger partial charge < -0.3 is 9.84 Å². The van der Waals surface area contributed by atoms with Crippen LogP contribution in [0.5, 0.6) is 0 Å². The first-order valence-corrected chi connectivity index (χ1v) is 9.96. The van der Waals surface area contributed by atoms with Gasteiger partial charge in [0.2, 0.25) is 16.0 Å². The zero-order valence-electron chi connectivity index (χ0n) is 15.2. The number of primary sulfonamides is 1. The number of nitrogens with one attached hydrogen (secondary N) is 1. The second kappa shape index (κ2) is 6.70. The van der Waals surface area contributed by atoms with E-state index in [0.29, 0.717) is 11.6 Å². The molecule has 0 saturated carbocycles. The van der Waals surface area contributed by atoms with E-state index in [2.05, 4.69) is 20.4 Å². The number of hydrogen-bond acceptors (Lipinski definition) is 7. The van der Waals surface area contributed by atoms with Crippen molar-refractivity contribution in [3.63, 3.8) is 0 Å². The lowest BCUT2D eigenvalue weighted by Gasteiger charge is -2.07. The van der Waals surface area contributed by atoms with Crippen LogP contribution in [-0.2, 0) is 10.0 Å². The van der Waals surface area contributed by atoms with E-state index in [1.165, 1.54) is 12.1 Å². The topological polar surface area (TPSA) is 124 Å². The van der Waals surface area contributed by atoms with E-state index < -0.39 is 10.0 Å². The van der Waals surface area contributed by atoms with Gasteiger partial charge in [-0.05, 0) is 49.7 Å². The lowest BCUT2D eigenvalue weighted by molar-refractivity contribution is 0.393. The van der Waals surface area contributed by atoms with Crippen molar-refractivity contribution in [1.29, 1.82) is 0 Å².